The summed E-state index contributed by atoms with van der Waals surface area (Å²) in [5.41, 5.74) is 2.40. The highest BCUT2D eigenvalue weighted by Crippen LogP contribution is 2.25. The smallest absolute Gasteiger partial charge is 0.261 e. The number of thiophene rings is 1. The number of benzene rings is 1. The van der Waals surface area contributed by atoms with Crippen LogP contribution in [-0.4, -0.2) is 18.4 Å². The van der Waals surface area contributed by atoms with E-state index in [1.807, 2.05) is 11.4 Å². The van der Waals surface area contributed by atoms with Crippen molar-refractivity contribution in [3.8, 4) is 0 Å². The number of hydrogen-bond donors (Lipinski definition) is 2. The second-order valence-electron chi connectivity index (χ2n) is 6.93. The highest BCUT2D eigenvalue weighted by molar-refractivity contribution is 7.12. The van der Waals surface area contributed by atoms with Crippen LogP contribution in [0.4, 0.5) is 0 Å². The van der Waals surface area contributed by atoms with E-state index in [-0.39, 0.29) is 30.3 Å². The Hall–Kier alpha value is -2.14. The molecule has 0 saturated carbocycles. The van der Waals surface area contributed by atoms with E-state index in [4.69, 9.17) is 0 Å². The molecule has 0 spiro atoms. The monoisotopic (exact) mass is 372 g/mol. The fourth-order valence-electron chi connectivity index (χ4n) is 2.78. The van der Waals surface area contributed by atoms with Crippen LogP contribution in [0.25, 0.3) is 0 Å². The molecule has 1 aromatic carbocycles. The van der Waals surface area contributed by atoms with Crippen molar-refractivity contribution in [1.29, 1.82) is 0 Å². The van der Waals surface area contributed by atoms with E-state index in [0.717, 1.165) is 12.0 Å². The van der Waals surface area contributed by atoms with E-state index >= 15 is 0 Å². The van der Waals surface area contributed by atoms with Crippen LogP contribution in [0.5, 0.6) is 0 Å². The third-order valence-electron chi connectivity index (χ3n) is 4.61. The van der Waals surface area contributed by atoms with E-state index in [1.54, 1.807) is 6.07 Å². The average Bonchev–Trinajstić information content (AvgIpc) is 3.18. The van der Waals surface area contributed by atoms with Gasteiger partial charge in [-0.25, -0.2) is 0 Å². The van der Waals surface area contributed by atoms with Gasteiger partial charge >= 0.3 is 0 Å². The van der Waals surface area contributed by atoms with Crippen LogP contribution in [0.3, 0.4) is 0 Å². The van der Waals surface area contributed by atoms with Crippen LogP contribution in [0, 0.1) is 5.92 Å². The topological polar surface area (TPSA) is 58.2 Å². The number of rotatable bonds is 8. The zero-order valence-corrected chi connectivity index (χ0v) is 16.7. The van der Waals surface area contributed by atoms with Gasteiger partial charge in [0.15, 0.2) is 0 Å². The number of nitrogens with one attached hydrogen (secondary N) is 2. The Morgan fingerprint density at radius 2 is 1.69 bits per heavy atom. The maximum absolute atomic E-state index is 12.3. The first-order valence-corrected chi connectivity index (χ1v) is 10.0. The van der Waals surface area contributed by atoms with Gasteiger partial charge in [0, 0.05) is 0 Å². The van der Waals surface area contributed by atoms with Crippen LogP contribution in [0.2, 0.25) is 0 Å². The minimum absolute atomic E-state index is 0.0229. The second kappa shape index (κ2) is 9.53. The predicted octanol–water partition coefficient (Wildman–Crippen LogP) is 4.50. The summed E-state index contributed by atoms with van der Waals surface area (Å²) >= 11 is 1.36. The van der Waals surface area contributed by atoms with Crippen molar-refractivity contribution in [2.24, 2.45) is 5.92 Å². The Bertz CT molecular complexity index is 708. The van der Waals surface area contributed by atoms with Gasteiger partial charge in [-0.2, -0.15) is 0 Å². The molecule has 1 heterocycles. The molecule has 0 aliphatic carbocycles. The highest BCUT2D eigenvalue weighted by Gasteiger charge is 2.19. The van der Waals surface area contributed by atoms with Crippen molar-refractivity contribution in [3.05, 3.63) is 57.8 Å². The number of carbonyl (C=O) groups is 2. The Morgan fingerprint density at radius 3 is 2.23 bits per heavy atom. The molecule has 2 N–H and O–H groups in total. The van der Waals surface area contributed by atoms with Gasteiger partial charge in [-0.15, -0.1) is 11.3 Å². The van der Waals surface area contributed by atoms with Gasteiger partial charge in [0.1, 0.15) is 0 Å². The second-order valence-corrected chi connectivity index (χ2v) is 7.87. The molecule has 2 rings (SSSR count). The molecule has 0 saturated heterocycles. The first-order chi connectivity index (χ1) is 12.4. The number of carbonyl (C=O) groups excluding carboxylic acids is 2. The van der Waals surface area contributed by atoms with Crippen LogP contribution in [0.15, 0.2) is 41.8 Å². The molecule has 0 aliphatic rings. The summed E-state index contributed by atoms with van der Waals surface area (Å²) in [7, 11) is 0. The van der Waals surface area contributed by atoms with Gasteiger partial charge in [0.25, 0.3) is 5.91 Å². The molecule has 0 aliphatic heterocycles. The normalized spacial score (nSPS) is 13.3. The lowest BCUT2D eigenvalue weighted by Crippen LogP contribution is -2.39. The van der Waals surface area contributed by atoms with Crippen molar-refractivity contribution in [2.75, 3.05) is 6.54 Å². The zero-order chi connectivity index (χ0) is 19.1. The maximum atomic E-state index is 12.3. The van der Waals surface area contributed by atoms with E-state index < -0.39 is 0 Å². The summed E-state index contributed by atoms with van der Waals surface area (Å²) in [5.74, 6) is 0.388. The molecule has 0 radical (unpaired) electrons. The van der Waals surface area contributed by atoms with Gasteiger partial charge in [0.05, 0.1) is 17.5 Å². The highest BCUT2D eigenvalue weighted by atomic mass is 32.1. The van der Waals surface area contributed by atoms with Crippen LogP contribution in [-0.2, 0) is 4.79 Å². The first-order valence-electron chi connectivity index (χ1n) is 9.13. The number of amides is 2. The summed E-state index contributed by atoms with van der Waals surface area (Å²) in [6, 6.07) is 12.0. The Kier molecular flexibility index (Phi) is 7.39. The van der Waals surface area contributed by atoms with Gasteiger partial charge < -0.3 is 10.6 Å². The molecule has 2 aromatic rings. The van der Waals surface area contributed by atoms with Crippen LogP contribution in [0.1, 0.15) is 66.9 Å². The molecule has 0 bridgehead atoms. The largest absolute Gasteiger partial charge is 0.348 e. The molecule has 5 heteroatoms. The predicted molar refractivity (Wildman–Crippen MR) is 108 cm³/mol. The summed E-state index contributed by atoms with van der Waals surface area (Å²) in [5, 5.41) is 7.56. The minimum Gasteiger partial charge on any atom is -0.348 e. The van der Waals surface area contributed by atoms with E-state index in [0.29, 0.717) is 10.8 Å². The summed E-state index contributed by atoms with van der Waals surface area (Å²) in [6.07, 6.45) is 1.10. The quantitative estimate of drug-likeness (QED) is 0.716. The van der Waals surface area contributed by atoms with Gasteiger partial charge in [-0.1, -0.05) is 58.0 Å². The maximum Gasteiger partial charge on any atom is 0.261 e. The van der Waals surface area contributed by atoms with E-state index in [9.17, 15) is 9.59 Å². The van der Waals surface area contributed by atoms with Crippen molar-refractivity contribution in [1.82, 2.24) is 10.6 Å². The Balaban J connectivity index is 1.96. The zero-order valence-electron chi connectivity index (χ0n) is 15.9. The number of hydrogen-bond acceptors (Lipinski definition) is 3. The Labute approximate surface area is 160 Å². The summed E-state index contributed by atoms with van der Waals surface area (Å²) in [6.45, 7) is 8.54. The minimum atomic E-state index is -0.214. The molecule has 2 unspecified atom stereocenters. The van der Waals surface area contributed by atoms with Gasteiger partial charge in [0.2, 0.25) is 5.91 Å². The van der Waals surface area contributed by atoms with Crippen molar-refractivity contribution in [3.63, 3.8) is 0 Å². The molecular formula is C21H28N2O2S. The Morgan fingerprint density at radius 1 is 1.04 bits per heavy atom. The third-order valence-corrected chi connectivity index (χ3v) is 5.48. The lowest BCUT2D eigenvalue weighted by atomic mass is 9.92. The average molecular weight is 373 g/mol. The van der Waals surface area contributed by atoms with Gasteiger partial charge in [-0.05, 0) is 40.8 Å². The van der Waals surface area contributed by atoms with Gasteiger partial charge in [-0.3, -0.25) is 9.59 Å². The van der Waals surface area contributed by atoms with Crippen LogP contribution >= 0.6 is 11.3 Å². The molecule has 2 amide bonds. The lowest BCUT2D eigenvalue weighted by molar-refractivity contribution is -0.121. The molecule has 140 valence electrons. The SMILES string of the molecule is CCC(C)c1ccc(C(NC(=O)CNC(=O)c2cccs2)C(C)C)cc1. The van der Waals surface area contributed by atoms with E-state index in [1.165, 1.54) is 16.9 Å². The summed E-state index contributed by atoms with van der Waals surface area (Å²) in [4.78, 5) is 24.9. The molecular weight excluding hydrogens is 344 g/mol. The molecule has 2 atom stereocenters. The fourth-order valence-corrected chi connectivity index (χ4v) is 3.42. The van der Waals surface area contributed by atoms with Crippen molar-refractivity contribution < 1.29 is 9.59 Å². The molecule has 1 aromatic heterocycles. The fraction of sp³-hybridized carbons (Fsp3) is 0.429. The van der Waals surface area contributed by atoms with Crippen molar-refractivity contribution >= 4 is 23.2 Å². The van der Waals surface area contributed by atoms with Crippen molar-refractivity contribution in [2.45, 2.75) is 46.1 Å². The summed E-state index contributed by atoms with van der Waals surface area (Å²) < 4.78 is 0. The van der Waals surface area contributed by atoms with Crippen LogP contribution < -0.4 is 10.6 Å². The lowest BCUT2D eigenvalue weighted by Gasteiger charge is -2.23. The standard InChI is InChI=1S/C21H28N2O2S/c1-5-15(4)16-8-10-17(11-9-16)20(14(2)3)23-19(24)13-22-21(25)18-7-6-12-26-18/h6-12,14-15,20H,5,13H2,1-4H3,(H,22,25)(H,23,24). The third kappa shape index (κ3) is 5.43. The van der Waals surface area contributed by atoms with E-state index in [2.05, 4.69) is 62.6 Å². The first kappa shape index (κ1) is 20.2. The molecule has 26 heavy (non-hydrogen) atoms. The molecule has 0 fully saturated rings. The molecule has 4 nitrogen and oxygen atoms in total.